The third-order valence-electron chi connectivity index (χ3n) is 8.43. The average molecular weight is 505 g/mol. The molecule has 6 rings (SSSR count). The highest BCUT2D eigenvalue weighted by atomic mass is 16.1. The number of fused-ring (bicyclic) bond motifs is 1. The Labute approximate surface area is 222 Å². The molecule has 7 nitrogen and oxygen atoms in total. The number of likely N-dealkylation sites (tertiary alicyclic amines) is 1. The van der Waals surface area contributed by atoms with Gasteiger partial charge in [0.15, 0.2) is 0 Å². The lowest BCUT2D eigenvalue weighted by Crippen LogP contribution is -2.51. The number of nitrogens with zero attached hydrogens (tertiary/aromatic N) is 5. The van der Waals surface area contributed by atoms with Crippen LogP contribution in [0, 0.1) is 5.41 Å². The summed E-state index contributed by atoms with van der Waals surface area (Å²) in [6, 6.07) is 9.57. The van der Waals surface area contributed by atoms with E-state index in [1.54, 1.807) is 7.05 Å². The summed E-state index contributed by atoms with van der Waals surface area (Å²) in [5.41, 5.74) is 3.89. The van der Waals surface area contributed by atoms with Crippen molar-refractivity contribution in [2.45, 2.75) is 71.8 Å². The Kier molecular flexibility index (Phi) is 9.19. The second kappa shape index (κ2) is 12.5. The number of carbonyl (C=O) groups excluding carboxylic acids is 1. The fraction of sp³-hybridized carbons (Fsp3) is 0.567. The van der Waals surface area contributed by atoms with Crippen LogP contribution in [0.1, 0.15) is 65.7 Å². The van der Waals surface area contributed by atoms with Gasteiger partial charge in [0.1, 0.15) is 11.5 Å². The summed E-state index contributed by atoms with van der Waals surface area (Å²) < 4.78 is 2.03. The maximum absolute atomic E-state index is 9.70. The molecule has 0 aromatic carbocycles. The molecule has 3 aromatic heterocycles. The van der Waals surface area contributed by atoms with Gasteiger partial charge in [0, 0.05) is 63.5 Å². The van der Waals surface area contributed by atoms with Crippen molar-refractivity contribution in [3.63, 3.8) is 0 Å². The van der Waals surface area contributed by atoms with Gasteiger partial charge in [-0.25, -0.2) is 9.97 Å². The molecule has 1 saturated carbocycles. The molecule has 0 atom stereocenters. The molecule has 3 aliphatic rings. The van der Waals surface area contributed by atoms with Gasteiger partial charge in [0.2, 0.25) is 5.91 Å². The highest BCUT2D eigenvalue weighted by Crippen LogP contribution is 2.43. The molecule has 0 unspecified atom stereocenters. The van der Waals surface area contributed by atoms with Crippen molar-refractivity contribution >= 4 is 17.4 Å². The van der Waals surface area contributed by atoms with Crippen molar-refractivity contribution in [1.82, 2.24) is 24.6 Å². The molecule has 3 fully saturated rings. The average Bonchev–Trinajstić information content (AvgIpc) is 3.39. The third-order valence-corrected chi connectivity index (χ3v) is 8.43. The normalized spacial score (nSPS) is 19.3. The van der Waals surface area contributed by atoms with Crippen LogP contribution < -0.4 is 10.2 Å². The molecule has 1 spiro atoms. The molecule has 2 aliphatic heterocycles. The van der Waals surface area contributed by atoms with Crippen LogP contribution in [0.5, 0.6) is 0 Å². The van der Waals surface area contributed by atoms with Crippen molar-refractivity contribution in [2.75, 3.05) is 38.1 Å². The minimum atomic E-state index is 0.00463. The standard InChI is InChI=1S/C25H31N5.C3H7NO.C2H6/c1-2-22(3-1)28-13-7-25(8-14-28)9-15-30(16-10-25)23-5-4-21(19-27-23)20-6-12-29-17-11-26-24(29)18-20;1-3(5)4-2;1-2/h4-6,11-12,17-19,22H,1-3,7-10,13-16H2;1-2H3,(H,4,5);1-2H3. The van der Waals surface area contributed by atoms with E-state index in [1.165, 1.54) is 70.5 Å². The van der Waals surface area contributed by atoms with Crippen LogP contribution in [0.3, 0.4) is 0 Å². The first kappa shape index (κ1) is 27.1. The van der Waals surface area contributed by atoms with E-state index in [-0.39, 0.29) is 5.91 Å². The Balaban J connectivity index is 0.000000412. The van der Waals surface area contributed by atoms with Crippen LogP contribution in [0.25, 0.3) is 16.8 Å². The Bertz CT molecular complexity index is 1120. The fourth-order valence-electron chi connectivity index (χ4n) is 5.66. The highest BCUT2D eigenvalue weighted by molar-refractivity contribution is 5.72. The van der Waals surface area contributed by atoms with Crippen LogP contribution in [0.2, 0.25) is 0 Å². The lowest BCUT2D eigenvalue weighted by Gasteiger charge is -2.50. The quantitative estimate of drug-likeness (QED) is 0.517. The first-order valence-electron chi connectivity index (χ1n) is 14.1. The van der Waals surface area contributed by atoms with Crippen LogP contribution in [-0.4, -0.2) is 64.4 Å². The SMILES string of the molecule is CC.CNC(C)=O.c1cn2ccc(-c3ccc(N4CCC5(CC4)CCN(C4CCC4)CC5)nc3)cc2n1. The molecular formula is C30H44N6O. The van der Waals surface area contributed by atoms with Crippen LogP contribution in [0.4, 0.5) is 5.82 Å². The van der Waals surface area contributed by atoms with Gasteiger partial charge in [-0.2, -0.15) is 0 Å². The number of anilines is 1. The number of hydrogen-bond acceptors (Lipinski definition) is 5. The van der Waals surface area contributed by atoms with Gasteiger partial charge in [-0.15, -0.1) is 0 Å². The molecule has 0 radical (unpaired) electrons. The van der Waals surface area contributed by atoms with Crippen molar-refractivity contribution < 1.29 is 4.79 Å². The van der Waals surface area contributed by atoms with E-state index in [1.807, 2.05) is 36.8 Å². The van der Waals surface area contributed by atoms with E-state index >= 15 is 0 Å². The largest absolute Gasteiger partial charge is 0.359 e. The molecular weight excluding hydrogens is 460 g/mol. The number of rotatable bonds is 3. The maximum Gasteiger partial charge on any atom is 0.216 e. The van der Waals surface area contributed by atoms with Gasteiger partial charge in [-0.05, 0) is 86.9 Å². The predicted molar refractivity (Wildman–Crippen MR) is 152 cm³/mol. The Morgan fingerprint density at radius 3 is 2.19 bits per heavy atom. The van der Waals surface area contributed by atoms with Crippen LogP contribution in [0.15, 0.2) is 49.1 Å². The number of hydrogen-bond donors (Lipinski definition) is 1. The number of piperidine rings is 2. The molecule has 0 bridgehead atoms. The molecule has 1 amide bonds. The van der Waals surface area contributed by atoms with Crippen LogP contribution in [-0.2, 0) is 4.79 Å². The summed E-state index contributed by atoms with van der Waals surface area (Å²) in [4.78, 5) is 24.2. The summed E-state index contributed by atoms with van der Waals surface area (Å²) in [5, 5.41) is 2.39. The number of amides is 1. The lowest BCUT2D eigenvalue weighted by atomic mass is 9.70. The number of imidazole rings is 1. The zero-order valence-electron chi connectivity index (χ0n) is 23.1. The van der Waals surface area contributed by atoms with E-state index in [0.717, 1.165) is 36.2 Å². The molecule has 200 valence electrons. The van der Waals surface area contributed by atoms with Gasteiger partial charge in [0.25, 0.3) is 0 Å². The molecule has 1 N–H and O–H groups in total. The van der Waals surface area contributed by atoms with Crippen molar-refractivity contribution in [3.8, 4) is 11.1 Å². The molecule has 3 aromatic rings. The number of nitrogens with one attached hydrogen (secondary N) is 1. The van der Waals surface area contributed by atoms with Crippen molar-refractivity contribution in [2.24, 2.45) is 5.41 Å². The third kappa shape index (κ3) is 6.50. The smallest absolute Gasteiger partial charge is 0.216 e. The van der Waals surface area contributed by atoms with Gasteiger partial charge in [0.05, 0.1) is 0 Å². The minimum Gasteiger partial charge on any atom is -0.359 e. The van der Waals surface area contributed by atoms with E-state index in [0.29, 0.717) is 5.41 Å². The first-order chi connectivity index (χ1) is 18.0. The zero-order chi connectivity index (χ0) is 26.3. The number of aromatic nitrogens is 3. The maximum atomic E-state index is 9.70. The van der Waals surface area contributed by atoms with E-state index in [2.05, 4.69) is 50.6 Å². The monoisotopic (exact) mass is 504 g/mol. The van der Waals surface area contributed by atoms with Crippen molar-refractivity contribution in [3.05, 3.63) is 49.1 Å². The second-order valence-corrected chi connectivity index (χ2v) is 10.4. The minimum absolute atomic E-state index is 0.00463. The van der Waals surface area contributed by atoms with Gasteiger partial charge in [-0.3, -0.25) is 4.79 Å². The number of pyridine rings is 2. The summed E-state index contributed by atoms with van der Waals surface area (Å²) in [5.74, 6) is 1.13. The topological polar surface area (TPSA) is 65.8 Å². The summed E-state index contributed by atoms with van der Waals surface area (Å²) >= 11 is 0. The highest BCUT2D eigenvalue weighted by Gasteiger charge is 2.39. The first-order valence-corrected chi connectivity index (χ1v) is 14.1. The van der Waals surface area contributed by atoms with Gasteiger partial charge >= 0.3 is 0 Å². The van der Waals surface area contributed by atoms with Crippen LogP contribution >= 0.6 is 0 Å². The Hall–Kier alpha value is -2.93. The zero-order valence-corrected chi connectivity index (χ0v) is 23.1. The molecule has 1 aliphatic carbocycles. The molecule has 37 heavy (non-hydrogen) atoms. The number of carbonyl (C=O) groups is 1. The summed E-state index contributed by atoms with van der Waals surface area (Å²) in [7, 11) is 1.60. The molecule has 5 heterocycles. The fourth-order valence-corrected chi connectivity index (χ4v) is 5.66. The van der Waals surface area contributed by atoms with Gasteiger partial charge < -0.3 is 19.5 Å². The second-order valence-electron chi connectivity index (χ2n) is 10.4. The van der Waals surface area contributed by atoms with Gasteiger partial charge in [-0.1, -0.05) is 20.3 Å². The molecule has 7 heteroatoms. The predicted octanol–water partition coefficient (Wildman–Crippen LogP) is 5.41. The van der Waals surface area contributed by atoms with Crippen molar-refractivity contribution in [1.29, 1.82) is 0 Å². The summed E-state index contributed by atoms with van der Waals surface area (Å²) in [6.07, 6.45) is 17.7. The Morgan fingerprint density at radius 2 is 1.62 bits per heavy atom. The lowest BCUT2D eigenvalue weighted by molar-refractivity contribution is -0.118. The van der Waals surface area contributed by atoms with E-state index in [9.17, 15) is 4.79 Å². The Morgan fingerprint density at radius 1 is 0.946 bits per heavy atom. The molecule has 2 saturated heterocycles. The van der Waals surface area contributed by atoms with E-state index in [4.69, 9.17) is 4.98 Å². The van der Waals surface area contributed by atoms with E-state index < -0.39 is 0 Å². The summed E-state index contributed by atoms with van der Waals surface area (Å²) in [6.45, 7) is 10.4.